The molecule has 0 aliphatic carbocycles. The smallest absolute Gasteiger partial charge is 0.226 e. The van der Waals surface area contributed by atoms with E-state index in [0.29, 0.717) is 24.5 Å². The third-order valence-corrected chi connectivity index (χ3v) is 4.37. The fourth-order valence-electron chi connectivity index (χ4n) is 2.74. The van der Waals surface area contributed by atoms with Gasteiger partial charge < -0.3 is 10.1 Å². The number of pyridine rings is 1. The van der Waals surface area contributed by atoms with Crippen molar-refractivity contribution in [2.24, 2.45) is 0 Å². The predicted molar refractivity (Wildman–Crippen MR) is 105 cm³/mol. The number of aromatic nitrogens is 3. The molecule has 1 N–H and O–H groups in total. The second-order valence-electron chi connectivity index (χ2n) is 6.68. The van der Waals surface area contributed by atoms with Gasteiger partial charge in [-0.3, -0.25) is 9.48 Å². The highest BCUT2D eigenvalue weighted by molar-refractivity contribution is 5.90. The molecule has 0 fully saturated rings. The normalized spacial score (nSPS) is 10.7. The predicted octanol–water partition coefficient (Wildman–Crippen LogP) is 4.33. The molecule has 1 aromatic carbocycles. The van der Waals surface area contributed by atoms with Crippen LogP contribution < -0.4 is 10.1 Å². The second kappa shape index (κ2) is 8.03. The maximum absolute atomic E-state index is 12.1. The highest BCUT2D eigenvalue weighted by atomic mass is 16.5. The third-order valence-electron chi connectivity index (χ3n) is 4.37. The standard InChI is InChI=1S/C21H24N4O2/c1-14-5-7-19(11-15(14)2)27-21-8-6-18(13-22-21)23-20(26)9-10-25-17(4)12-16(3)24-25/h5-8,11-13H,9-10H2,1-4H3,(H,23,26). The van der Waals surface area contributed by atoms with Crippen LogP contribution in [0.25, 0.3) is 0 Å². The monoisotopic (exact) mass is 364 g/mol. The third kappa shape index (κ3) is 4.94. The van der Waals surface area contributed by atoms with Crippen molar-refractivity contribution < 1.29 is 9.53 Å². The fraction of sp³-hybridized carbons (Fsp3) is 0.286. The number of aryl methyl sites for hydroxylation is 5. The van der Waals surface area contributed by atoms with Crippen molar-refractivity contribution in [1.82, 2.24) is 14.8 Å². The number of amides is 1. The molecule has 2 heterocycles. The summed E-state index contributed by atoms with van der Waals surface area (Å²) in [7, 11) is 0. The van der Waals surface area contributed by atoms with Gasteiger partial charge in [0.15, 0.2) is 0 Å². The number of nitrogens with zero attached hydrogens (tertiary/aromatic N) is 3. The molecule has 0 unspecified atom stereocenters. The van der Waals surface area contributed by atoms with Gasteiger partial charge in [-0.25, -0.2) is 4.98 Å². The highest BCUT2D eigenvalue weighted by Crippen LogP contribution is 2.23. The lowest BCUT2D eigenvalue weighted by Gasteiger charge is -2.09. The van der Waals surface area contributed by atoms with Crippen molar-refractivity contribution in [2.45, 2.75) is 40.7 Å². The molecule has 0 bridgehead atoms. The molecule has 27 heavy (non-hydrogen) atoms. The van der Waals surface area contributed by atoms with Crippen molar-refractivity contribution in [2.75, 3.05) is 5.32 Å². The molecule has 0 radical (unpaired) electrons. The van der Waals surface area contributed by atoms with Crippen LogP contribution in [0, 0.1) is 27.7 Å². The number of anilines is 1. The molecule has 0 saturated carbocycles. The molecule has 140 valence electrons. The van der Waals surface area contributed by atoms with Crippen LogP contribution in [-0.2, 0) is 11.3 Å². The van der Waals surface area contributed by atoms with Crippen LogP contribution in [0.5, 0.6) is 11.6 Å². The molecular weight excluding hydrogens is 340 g/mol. The van der Waals surface area contributed by atoms with Gasteiger partial charge in [-0.15, -0.1) is 0 Å². The van der Waals surface area contributed by atoms with E-state index in [1.54, 1.807) is 18.3 Å². The maximum atomic E-state index is 12.1. The Morgan fingerprint density at radius 3 is 2.52 bits per heavy atom. The molecule has 3 aromatic rings. The average molecular weight is 364 g/mol. The first-order chi connectivity index (χ1) is 12.9. The molecule has 3 rings (SSSR count). The summed E-state index contributed by atoms with van der Waals surface area (Å²) in [5.41, 5.74) is 5.03. The summed E-state index contributed by atoms with van der Waals surface area (Å²) in [5.74, 6) is 1.15. The van der Waals surface area contributed by atoms with E-state index in [2.05, 4.69) is 22.3 Å². The van der Waals surface area contributed by atoms with E-state index in [-0.39, 0.29) is 5.91 Å². The van der Waals surface area contributed by atoms with Crippen LogP contribution >= 0.6 is 0 Å². The first-order valence-corrected chi connectivity index (χ1v) is 8.93. The molecule has 0 atom stereocenters. The Bertz CT molecular complexity index is 945. The number of ether oxygens (including phenoxy) is 1. The van der Waals surface area contributed by atoms with E-state index >= 15 is 0 Å². The van der Waals surface area contributed by atoms with Crippen LogP contribution in [0.3, 0.4) is 0 Å². The summed E-state index contributed by atoms with van der Waals surface area (Å²) in [4.78, 5) is 16.4. The van der Waals surface area contributed by atoms with E-state index in [0.717, 1.165) is 17.1 Å². The van der Waals surface area contributed by atoms with Crippen molar-refractivity contribution in [3.8, 4) is 11.6 Å². The van der Waals surface area contributed by atoms with E-state index in [1.807, 2.05) is 49.7 Å². The van der Waals surface area contributed by atoms with Crippen LogP contribution in [0.2, 0.25) is 0 Å². The van der Waals surface area contributed by atoms with Gasteiger partial charge >= 0.3 is 0 Å². The summed E-state index contributed by atoms with van der Waals surface area (Å²) in [6.45, 7) is 8.57. The van der Waals surface area contributed by atoms with Gasteiger partial charge in [0.2, 0.25) is 11.8 Å². The van der Waals surface area contributed by atoms with Crippen LogP contribution in [0.15, 0.2) is 42.6 Å². The van der Waals surface area contributed by atoms with E-state index < -0.39 is 0 Å². The minimum absolute atomic E-state index is 0.0767. The Kier molecular flexibility index (Phi) is 5.54. The zero-order chi connectivity index (χ0) is 19.4. The van der Waals surface area contributed by atoms with E-state index in [9.17, 15) is 4.79 Å². The first-order valence-electron chi connectivity index (χ1n) is 8.93. The second-order valence-corrected chi connectivity index (χ2v) is 6.68. The van der Waals surface area contributed by atoms with Gasteiger partial charge in [0.1, 0.15) is 5.75 Å². The van der Waals surface area contributed by atoms with Gasteiger partial charge in [-0.2, -0.15) is 5.10 Å². The zero-order valence-corrected chi connectivity index (χ0v) is 16.1. The van der Waals surface area contributed by atoms with Crippen molar-refractivity contribution in [3.63, 3.8) is 0 Å². The molecule has 6 heteroatoms. The van der Waals surface area contributed by atoms with Gasteiger partial charge in [0, 0.05) is 24.7 Å². The lowest BCUT2D eigenvalue weighted by atomic mass is 10.1. The van der Waals surface area contributed by atoms with Crippen molar-refractivity contribution in [1.29, 1.82) is 0 Å². The zero-order valence-electron chi connectivity index (χ0n) is 16.1. The van der Waals surface area contributed by atoms with Gasteiger partial charge in [0.25, 0.3) is 0 Å². The van der Waals surface area contributed by atoms with Gasteiger partial charge in [-0.1, -0.05) is 6.07 Å². The van der Waals surface area contributed by atoms with Crippen molar-refractivity contribution in [3.05, 3.63) is 65.1 Å². The Morgan fingerprint density at radius 1 is 1.07 bits per heavy atom. The SMILES string of the molecule is Cc1cc(C)n(CCC(=O)Nc2ccc(Oc3ccc(C)c(C)c3)nc2)n1. The molecule has 0 saturated heterocycles. The van der Waals surface area contributed by atoms with Crippen molar-refractivity contribution >= 4 is 11.6 Å². The number of carbonyl (C=O) groups excluding carboxylic acids is 1. The molecule has 0 aliphatic heterocycles. The quantitative estimate of drug-likeness (QED) is 0.707. The Labute approximate surface area is 159 Å². The average Bonchev–Trinajstić information content (AvgIpc) is 2.95. The van der Waals surface area contributed by atoms with E-state index in [1.165, 1.54) is 11.1 Å². The Hall–Kier alpha value is -3.15. The number of carbonyl (C=O) groups is 1. The molecule has 1 amide bonds. The molecule has 0 spiro atoms. The lowest BCUT2D eigenvalue weighted by Crippen LogP contribution is -2.15. The number of nitrogens with one attached hydrogen (secondary N) is 1. The Morgan fingerprint density at radius 2 is 1.89 bits per heavy atom. The first kappa shape index (κ1) is 18.6. The van der Waals surface area contributed by atoms with Crippen LogP contribution in [-0.4, -0.2) is 20.7 Å². The summed E-state index contributed by atoms with van der Waals surface area (Å²) in [6.07, 6.45) is 1.94. The van der Waals surface area contributed by atoms with Crippen LogP contribution in [0.1, 0.15) is 28.9 Å². The fourth-order valence-corrected chi connectivity index (χ4v) is 2.74. The minimum atomic E-state index is -0.0767. The number of benzene rings is 1. The number of hydrogen-bond acceptors (Lipinski definition) is 4. The number of rotatable bonds is 6. The van der Waals surface area contributed by atoms with Gasteiger partial charge in [0.05, 0.1) is 17.6 Å². The lowest BCUT2D eigenvalue weighted by molar-refractivity contribution is -0.116. The van der Waals surface area contributed by atoms with Gasteiger partial charge in [-0.05, 0) is 63.1 Å². The summed E-state index contributed by atoms with van der Waals surface area (Å²) in [5, 5.41) is 7.21. The topological polar surface area (TPSA) is 69.0 Å². The Balaban J connectivity index is 1.54. The number of hydrogen-bond donors (Lipinski definition) is 1. The molecule has 6 nitrogen and oxygen atoms in total. The van der Waals surface area contributed by atoms with E-state index in [4.69, 9.17) is 4.74 Å². The molecular formula is C21H24N4O2. The maximum Gasteiger partial charge on any atom is 0.226 e. The largest absolute Gasteiger partial charge is 0.439 e. The highest BCUT2D eigenvalue weighted by Gasteiger charge is 2.07. The summed E-state index contributed by atoms with van der Waals surface area (Å²) < 4.78 is 7.60. The summed E-state index contributed by atoms with van der Waals surface area (Å²) >= 11 is 0. The minimum Gasteiger partial charge on any atom is -0.439 e. The van der Waals surface area contributed by atoms with Crippen LogP contribution in [0.4, 0.5) is 5.69 Å². The molecule has 2 aromatic heterocycles. The molecule has 0 aliphatic rings. The summed E-state index contributed by atoms with van der Waals surface area (Å²) in [6, 6.07) is 11.4.